The average Bonchev–Trinajstić information content (AvgIpc) is 2.94. The van der Waals surface area contributed by atoms with Crippen LogP contribution in [0.1, 0.15) is 41.5 Å². The van der Waals surface area contributed by atoms with Gasteiger partial charge in [-0.1, -0.05) is 13.8 Å². The van der Waals surface area contributed by atoms with Gasteiger partial charge in [-0.15, -0.1) is 0 Å². The molecule has 2 aromatic heterocycles. The summed E-state index contributed by atoms with van der Waals surface area (Å²) in [5, 5.41) is 8.93. The standard InChI is InChI=1S/C8H10N4.C6H11F.C3H8O.H2/c1-12(2)8-6-3-4-9-7(6)10-5-11-8;1-5-3-6(2,7)4-5;1-2-3-4;/h3-5H,1-2H3,(H,9,10,11);5H,3-4H2,1-2H3;4H,2-3H2,1H3;1H. The minimum absolute atomic E-state index is 0. The van der Waals surface area contributed by atoms with Crippen LogP contribution in [0.3, 0.4) is 0 Å². The van der Waals surface area contributed by atoms with Crippen molar-refractivity contribution in [3.05, 3.63) is 18.6 Å². The molecule has 2 heterocycles. The summed E-state index contributed by atoms with van der Waals surface area (Å²) in [5.41, 5.74) is 0.0769. The summed E-state index contributed by atoms with van der Waals surface area (Å²) >= 11 is 0. The molecular weight excluding hydrogens is 295 g/mol. The number of aromatic amines is 1. The molecular formula is C17H31FN4O. The van der Waals surface area contributed by atoms with Crippen LogP contribution < -0.4 is 4.90 Å². The molecule has 1 fully saturated rings. The van der Waals surface area contributed by atoms with Crippen molar-refractivity contribution in [2.75, 3.05) is 25.6 Å². The number of H-pyrrole nitrogens is 1. The number of aliphatic hydroxyl groups is 1. The van der Waals surface area contributed by atoms with E-state index < -0.39 is 5.67 Å². The summed E-state index contributed by atoms with van der Waals surface area (Å²) in [7, 11) is 3.93. The number of rotatable bonds is 2. The number of fused-ring (bicyclic) bond motifs is 1. The quantitative estimate of drug-likeness (QED) is 0.881. The molecule has 3 rings (SSSR count). The van der Waals surface area contributed by atoms with Gasteiger partial charge in [-0.05, 0) is 38.2 Å². The zero-order valence-electron chi connectivity index (χ0n) is 14.8. The van der Waals surface area contributed by atoms with E-state index in [1.54, 1.807) is 13.3 Å². The third-order valence-corrected chi connectivity index (χ3v) is 3.53. The Morgan fingerprint density at radius 2 is 2.04 bits per heavy atom. The average molecular weight is 326 g/mol. The molecule has 0 amide bonds. The number of hydrogen-bond acceptors (Lipinski definition) is 4. The topological polar surface area (TPSA) is 65.0 Å². The highest BCUT2D eigenvalue weighted by molar-refractivity contribution is 5.86. The summed E-state index contributed by atoms with van der Waals surface area (Å²) in [4.78, 5) is 13.3. The minimum Gasteiger partial charge on any atom is -0.396 e. The number of alkyl halides is 1. The van der Waals surface area contributed by atoms with Gasteiger partial charge in [0.05, 0.1) is 5.39 Å². The lowest BCUT2D eigenvalue weighted by atomic mass is 9.75. The van der Waals surface area contributed by atoms with E-state index in [1.165, 1.54) is 0 Å². The van der Waals surface area contributed by atoms with Crippen molar-refractivity contribution in [1.29, 1.82) is 0 Å². The highest BCUT2D eigenvalue weighted by Gasteiger charge is 2.37. The molecule has 0 unspecified atom stereocenters. The molecule has 0 radical (unpaired) electrons. The molecule has 0 aliphatic heterocycles. The van der Waals surface area contributed by atoms with Crippen LogP contribution in [0.5, 0.6) is 0 Å². The van der Waals surface area contributed by atoms with Gasteiger partial charge in [-0.2, -0.15) is 0 Å². The fourth-order valence-corrected chi connectivity index (χ4v) is 2.61. The highest BCUT2D eigenvalue weighted by atomic mass is 19.1. The molecule has 0 bridgehead atoms. The Morgan fingerprint density at radius 3 is 2.43 bits per heavy atom. The van der Waals surface area contributed by atoms with Gasteiger partial charge < -0.3 is 15.0 Å². The molecule has 2 aromatic rings. The predicted molar refractivity (Wildman–Crippen MR) is 95.6 cm³/mol. The molecule has 23 heavy (non-hydrogen) atoms. The molecule has 1 aliphatic rings. The van der Waals surface area contributed by atoms with Crippen molar-refractivity contribution >= 4 is 16.9 Å². The normalized spacial score (nSPS) is 22.3. The fourth-order valence-electron chi connectivity index (χ4n) is 2.61. The van der Waals surface area contributed by atoms with Crippen LogP contribution in [0.2, 0.25) is 0 Å². The molecule has 5 nitrogen and oxygen atoms in total. The molecule has 2 N–H and O–H groups in total. The van der Waals surface area contributed by atoms with Crippen LogP contribution in [0.15, 0.2) is 18.6 Å². The number of nitrogens with zero attached hydrogens (tertiary/aromatic N) is 3. The van der Waals surface area contributed by atoms with Crippen LogP contribution >= 0.6 is 0 Å². The van der Waals surface area contributed by atoms with Crippen LogP contribution in [0.25, 0.3) is 11.0 Å². The molecule has 0 atom stereocenters. The van der Waals surface area contributed by atoms with Crippen LogP contribution in [-0.4, -0.2) is 46.4 Å². The lowest BCUT2D eigenvalue weighted by molar-refractivity contribution is 0.0347. The van der Waals surface area contributed by atoms with Crippen LogP contribution in [-0.2, 0) is 0 Å². The summed E-state index contributed by atoms with van der Waals surface area (Å²) < 4.78 is 12.5. The first-order valence-electron chi connectivity index (χ1n) is 8.06. The van der Waals surface area contributed by atoms with Crippen molar-refractivity contribution in [3.8, 4) is 0 Å². The highest BCUT2D eigenvalue weighted by Crippen LogP contribution is 2.39. The van der Waals surface area contributed by atoms with E-state index >= 15 is 0 Å². The summed E-state index contributed by atoms with van der Waals surface area (Å²) in [6, 6.07) is 1.98. The monoisotopic (exact) mass is 326 g/mol. The van der Waals surface area contributed by atoms with Gasteiger partial charge in [0.1, 0.15) is 23.5 Å². The maximum absolute atomic E-state index is 12.5. The Labute approximate surface area is 139 Å². The second kappa shape index (κ2) is 8.82. The van der Waals surface area contributed by atoms with Crippen molar-refractivity contribution in [2.45, 2.75) is 45.7 Å². The predicted octanol–water partition coefficient (Wildman–Crippen LogP) is 3.80. The molecule has 6 heteroatoms. The van der Waals surface area contributed by atoms with Gasteiger partial charge in [0.15, 0.2) is 0 Å². The maximum atomic E-state index is 12.5. The molecule has 1 aliphatic carbocycles. The Morgan fingerprint density at radius 1 is 1.43 bits per heavy atom. The lowest BCUT2D eigenvalue weighted by Gasteiger charge is -2.36. The third-order valence-electron chi connectivity index (χ3n) is 3.53. The molecule has 132 valence electrons. The van der Waals surface area contributed by atoms with Crippen molar-refractivity contribution < 1.29 is 10.9 Å². The van der Waals surface area contributed by atoms with Crippen molar-refractivity contribution in [3.63, 3.8) is 0 Å². The first-order chi connectivity index (χ1) is 10.8. The van der Waals surface area contributed by atoms with Gasteiger partial charge in [-0.25, -0.2) is 14.4 Å². The smallest absolute Gasteiger partial charge is 0.142 e. The van der Waals surface area contributed by atoms with Gasteiger partial charge in [0.2, 0.25) is 0 Å². The molecule has 0 aromatic carbocycles. The van der Waals surface area contributed by atoms with E-state index in [2.05, 4.69) is 21.9 Å². The minimum atomic E-state index is -0.806. The van der Waals surface area contributed by atoms with E-state index in [4.69, 9.17) is 5.11 Å². The van der Waals surface area contributed by atoms with Gasteiger partial charge in [0, 0.05) is 28.3 Å². The lowest BCUT2D eigenvalue weighted by Crippen LogP contribution is -2.34. The van der Waals surface area contributed by atoms with Gasteiger partial charge >= 0.3 is 0 Å². The Balaban J connectivity index is 0.000000378. The van der Waals surface area contributed by atoms with E-state index in [9.17, 15) is 4.39 Å². The number of aromatic nitrogens is 3. The van der Waals surface area contributed by atoms with E-state index in [0.29, 0.717) is 12.5 Å². The van der Waals surface area contributed by atoms with Crippen molar-refractivity contribution in [2.24, 2.45) is 5.92 Å². The van der Waals surface area contributed by atoms with E-state index in [-0.39, 0.29) is 1.43 Å². The second-order valence-electron chi connectivity index (χ2n) is 6.48. The summed E-state index contributed by atoms with van der Waals surface area (Å²) in [6.07, 6.45) is 5.85. The largest absolute Gasteiger partial charge is 0.396 e. The zero-order chi connectivity index (χ0) is 17.5. The number of nitrogens with one attached hydrogen (secondary N) is 1. The summed E-state index contributed by atoms with van der Waals surface area (Å²) in [6.45, 7) is 6.01. The number of aliphatic hydroxyl groups excluding tert-OH is 1. The fraction of sp³-hybridized carbons (Fsp3) is 0.647. The molecule has 0 spiro atoms. The first kappa shape index (κ1) is 19.4. The van der Waals surface area contributed by atoms with E-state index in [1.807, 2.05) is 38.2 Å². The SMILES string of the molecule is CC1CC(C)(F)C1.CCCO.CN(C)c1ncnc2[nH]ccc12.[HH]. The van der Waals surface area contributed by atoms with Gasteiger partial charge in [-0.3, -0.25) is 0 Å². The maximum Gasteiger partial charge on any atom is 0.142 e. The number of anilines is 1. The summed E-state index contributed by atoms with van der Waals surface area (Å²) in [5.74, 6) is 1.58. The first-order valence-corrected chi connectivity index (χ1v) is 8.06. The van der Waals surface area contributed by atoms with Crippen LogP contribution in [0.4, 0.5) is 10.2 Å². The number of halogens is 1. The molecule has 0 saturated heterocycles. The Bertz CT molecular complexity index is 579. The number of hydrogen-bond donors (Lipinski definition) is 2. The van der Waals surface area contributed by atoms with E-state index in [0.717, 1.165) is 36.1 Å². The van der Waals surface area contributed by atoms with Crippen LogP contribution in [0, 0.1) is 5.92 Å². The van der Waals surface area contributed by atoms with Crippen molar-refractivity contribution in [1.82, 2.24) is 15.0 Å². The molecule has 1 saturated carbocycles. The Hall–Kier alpha value is -1.69. The third kappa shape index (κ3) is 6.14. The van der Waals surface area contributed by atoms with Gasteiger partial charge in [0.25, 0.3) is 0 Å². The Kier molecular flexibility index (Phi) is 7.42. The second-order valence-corrected chi connectivity index (χ2v) is 6.48. The zero-order valence-corrected chi connectivity index (χ0v) is 14.8.